The van der Waals surface area contributed by atoms with Crippen molar-refractivity contribution in [1.82, 2.24) is 5.32 Å². The van der Waals surface area contributed by atoms with Crippen LogP contribution < -0.4 is 5.32 Å². The number of carbonyl (C=O) groups is 2. The SMILES string of the molecule is CCCCCCCCCCCCCCCCCCOC[C@H](CO[C@]1(C(=O)O)C[C@H](OS(=O)(=O)O)[C@@H](NC(C)=O)[C@H]([C@H](OS(=O)(=O)O)[C@@H](COS(=O)(=O)O)OS(=O)(=O)O)O1)OC. The lowest BCUT2D eigenvalue weighted by Crippen LogP contribution is -2.69. The van der Waals surface area contributed by atoms with Gasteiger partial charge >= 0.3 is 47.6 Å². The molecule has 1 rings (SSSR count). The Morgan fingerprint density at radius 2 is 1.20 bits per heavy atom. The third-order valence-corrected chi connectivity index (χ3v) is 11.2. The van der Waals surface area contributed by atoms with Crippen LogP contribution in [-0.4, -0.2) is 145 Å². The lowest BCUT2D eigenvalue weighted by Gasteiger charge is -2.48. The number of hydrogen-bond acceptors (Lipinski definition) is 18. The van der Waals surface area contributed by atoms with Crippen molar-refractivity contribution in [3.05, 3.63) is 0 Å². The summed E-state index contributed by atoms with van der Waals surface area (Å²) in [6, 6.07) is -2.25. The van der Waals surface area contributed by atoms with E-state index in [2.05, 4.69) is 23.7 Å². The minimum Gasteiger partial charge on any atom is -0.477 e. The fourth-order valence-electron chi connectivity index (χ4n) is 6.50. The molecule has 0 saturated carbocycles. The van der Waals surface area contributed by atoms with Gasteiger partial charge < -0.3 is 29.4 Å². The molecule has 24 nitrogen and oxygen atoms in total. The third kappa shape index (κ3) is 26.6. The molecule has 28 heteroatoms. The molecule has 6 N–H and O–H groups in total. The molecule has 61 heavy (non-hydrogen) atoms. The lowest BCUT2D eigenvalue weighted by molar-refractivity contribution is -0.312. The van der Waals surface area contributed by atoms with Crippen LogP contribution >= 0.6 is 0 Å². The quantitative estimate of drug-likeness (QED) is 0.0388. The van der Waals surface area contributed by atoms with Crippen molar-refractivity contribution in [2.75, 3.05) is 33.5 Å². The van der Waals surface area contributed by atoms with Gasteiger partial charge in [0.25, 0.3) is 5.79 Å². The van der Waals surface area contributed by atoms with Crippen molar-refractivity contribution in [3.63, 3.8) is 0 Å². The summed E-state index contributed by atoms with van der Waals surface area (Å²) in [4.78, 5) is 25.1. The zero-order valence-corrected chi connectivity index (χ0v) is 37.8. The summed E-state index contributed by atoms with van der Waals surface area (Å²) in [6.07, 6.45) is 5.53. The topological polar surface area (TPSA) is 358 Å². The van der Waals surface area contributed by atoms with Gasteiger partial charge in [-0.3, -0.25) is 23.0 Å². The minimum atomic E-state index is -5.90. The first-order chi connectivity index (χ1) is 28.3. The first-order valence-electron chi connectivity index (χ1n) is 19.8. The minimum absolute atomic E-state index is 0.195. The van der Waals surface area contributed by atoms with E-state index in [1.807, 2.05) is 5.32 Å². The van der Waals surface area contributed by atoms with Gasteiger partial charge in [0.15, 0.2) is 0 Å². The fraction of sp³-hybridized carbons (Fsp3) is 0.939. The van der Waals surface area contributed by atoms with Crippen LogP contribution in [0.5, 0.6) is 0 Å². The summed E-state index contributed by atoms with van der Waals surface area (Å²) in [6.45, 7) is 0.507. The van der Waals surface area contributed by atoms with Crippen molar-refractivity contribution in [1.29, 1.82) is 0 Å². The Morgan fingerprint density at radius 1 is 0.705 bits per heavy atom. The van der Waals surface area contributed by atoms with Crippen LogP contribution in [0.1, 0.15) is 123 Å². The molecule has 0 bridgehead atoms. The van der Waals surface area contributed by atoms with E-state index < -0.39 is 115 Å². The van der Waals surface area contributed by atoms with Crippen LogP contribution in [0.25, 0.3) is 0 Å². The average molecular weight is 970 g/mol. The average Bonchev–Trinajstić information content (AvgIpc) is 3.12. The standard InChI is InChI=1S/C33H63NO23S4/c1-4-5-6-7-8-9-10-11-12-13-14-15-16-17-18-19-20-51-22-26(50-3)23-52-33(32(36)37)21-27(55-59(41,42)43)29(34-25(2)35)31(54-33)30(57-61(47,48)49)28(56-60(44,45)46)24-53-58(38,39)40/h26-31H,4-24H2,1-3H3,(H,34,35)(H,36,37)(H,38,39,40)(H,41,42,43)(H,44,45,46)(H,47,48,49)/t26-,27+,28-,29-,30-,31-,33-/m1/s1. The van der Waals surface area contributed by atoms with Crippen molar-refractivity contribution < 1.29 is 102 Å². The summed E-state index contributed by atoms with van der Waals surface area (Å²) in [5.41, 5.74) is 0. The maximum absolute atomic E-state index is 12.9. The highest BCUT2D eigenvalue weighted by atomic mass is 32.3. The monoisotopic (exact) mass is 969 g/mol. The number of unbranched alkanes of at least 4 members (excludes halogenated alkanes) is 15. The van der Waals surface area contributed by atoms with Crippen molar-refractivity contribution in [2.45, 2.75) is 165 Å². The molecule has 0 spiro atoms. The maximum Gasteiger partial charge on any atom is 0.397 e. The molecule has 362 valence electrons. The zero-order chi connectivity index (χ0) is 46.3. The zero-order valence-electron chi connectivity index (χ0n) is 34.5. The van der Waals surface area contributed by atoms with E-state index in [1.165, 1.54) is 77.7 Å². The second-order valence-corrected chi connectivity index (χ2v) is 18.7. The van der Waals surface area contributed by atoms with Gasteiger partial charge in [0.1, 0.15) is 30.5 Å². The normalized spacial score (nSPS) is 21.8. The van der Waals surface area contributed by atoms with Gasteiger partial charge in [0.2, 0.25) is 5.91 Å². The number of amides is 1. The molecule has 1 aliphatic heterocycles. The van der Waals surface area contributed by atoms with Crippen molar-refractivity contribution in [3.8, 4) is 0 Å². The Bertz CT molecular complexity index is 1730. The van der Waals surface area contributed by atoms with Gasteiger partial charge in [-0.15, -0.1) is 0 Å². The van der Waals surface area contributed by atoms with E-state index in [-0.39, 0.29) is 13.2 Å². The summed E-state index contributed by atoms with van der Waals surface area (Å²) >= 11 is 0. The van der Waals surface area contributed by atoms with Gasteiger partial charge in [-0.25, -0.2) is 21.5 Å². The van der Waals surface area contributed by atoms with E-state index in [0.717, 1.165) is 32.6 Å². The molecule has 0 unspecified atom stereocenters. The van der Waals surface area contributed by atoms with E-state index >= 15 is 0 Å². The van der Waals surface area contributed by atoms with Gasteiger partial charge in [-0.2, -0.15) is 33.7 Å². The molecular weight excluding hydrogens is 907 g/mol. The first-order valence-corrected chi connectivity index (χ1v) is 25.3. The molecular formula is C33H63NO23S4. The lowest BCUT2D eigenvalue weighted by atomic mass is 9.88. The Hall–Kier alpha value is -1.74. The molecule has 1 amide bonds. The molecule has 1 aliphatic rings. The van der Waals surface area contributed by atoms with Gasteiger partial charge in [0.05, 0.1) is 25.9 Å². The second-order valence-electron chi connectivity index (χ2n) is 14.4. The van der Waals surface area contributed by atoms with Crippen molar-refractivity contribution >= 4 is 53.5 Å². The van der Waals surface area contributed by atoms with Gasteiger partial charge in [-0.1, -0.05) is 103 Å². The molecule has 1 saturated heterocycles. The Labute approximate surface area is 358 Å². The summed E-state index contributed by atoms with van der Waals surface area (Å²) in [5, 5.41) is 12.4. The molecule has 1 heterocycles. The summed E-state index contributed by atoms with van der Waals surface area (Å²) in [7, 11) is -21.7. The van der Waals surface area contributed by atoms with Crippen LogP contribution in [0.15, 0.2) is 0 Å². The highest BCUT2D eigenvalue weighted by Gasteiger charge is 2.59. The molecule has 0 aromatic rings. The molecule has 0 aliphatic carbocycles. The van der Waals surface area contributed by atoms with Crippen LogP contribution in [0.3, 0.4) is 0 Å². The molecule has 7 atom stereocenters. The van der Waals surface area contributed by atoms with E-state index in [9.17, 15) is 62.0 Å². The largest absolute Gasteiger partial charge is 0.477 e. The van der Waals surface area contributed by atoms with Crippen LogP contribution in [0.2, 0.25) is 0 Å². The number of carboxylic acid groups (broad SMARTS) is 1. The van der Waals surface area contributed by atoms with Crippen LogP contribution in [0, 0.1) is 0 Å². The number of methoxy groups -OCH3 is 1. The first kappa shape index (κ1) is 57.3. The van der Waals surface area contributed by atoms with E-state index in [1.54, 1.807) is 0 Å². The third-order valence-electron chi connectivity index (χ3n) is 9.32. The van der Waals surface area contributed by atoms with Gasteiger partial charge in [-0.05, 0) is 6.42 Å². The number of hydrogen-bond donors (Lipinski definition) is 6. The number of carbonyl (C=O) groups excluding carboxylic acids is 1. The highest BCUT2D eigenvalue weighted by Crippen LogP contribution is 2.37. The highest BCUT2D eigenvalue weighted by molar-refractivity contribution is 7.81. The fourth-order valence-corrected chi connectivity index (χ4v) is 8.30. The number of rotatable bonds is 36. The Balaban J connectivity index is 3.10. The maximum atomic E-state index is 12.9. The molecule has 0 aromatic heterocycles. The van der Waals surface area contributed by atoms with E-state index in [0.29, 0.717) is 6.42 Å². The number of nitrogens with one attached hydrogen (secondary N) is 1. The van der Waals surface area contributed by atoms with Crippen molar-refractivity contribution in [2.24, 2.45) is 0 Å². The Morgan fingerprint density at radius 3 is 1.61 bits per heavy atom. The second kappa shape index (κ2) is 28.2. The molecule has 1 fully saturated rings. The van der Waals surface area contributed by atoms with Crippen LogP contribution in [0.4, 0.5) is 0 Å². The predicted molar refractivity (Wildman–Crippen MR) is 211 cm³/mol. The smallest absolute Gasteiger partial charge is 0.397 e. The number of ether oxygens (including phenoxy) is 4. The summed E-state index contributed by atoms with van der Waals surface area (Å²) in [5.74, 6) is -6.48. The predicted octanol–water partition coefficient (Wildman–Crippen LogP) is 2.75. The van der Waals surface area contributed by atoms with Crippen LogP contribution in [-0.2, 0) is 86.9 Å². The molecule has 0 radical (unpaired) electrons. The molecule has 0 aromatic carbocycles. The summed E-state index contributed by atoms with van der Waals surface area (Å²) < 4.78 is 171. The van der Waals surface area contributed by atoms with E-state index in [4.69, 9.17) is 23.5 Å². The van der Waals surface area contributed by atoms with Gasteiger partial charge in [0, 0.05) is 27.1 Å². The number of aliphatic carboxylic acids is 1. The number of carboxylic acids is 1. The Kier molecular flexibility index (Phi) is 26.5.